The summed E-state index contributed by atoms with van der Waals surface area (Å²) < 4.78 is 13.7. The van der Waals surface area contributed by atoms with Crippen molar-refractivity contribution in [2.75, 3.05) is 25.0 Å². The molecule has 1 aromatic rings. The number of halogens is 1. The van der Waals surface area contributed by atoms with Crippen LogP contribution in [-0.4, -0.2) is 30.4 Å². The minimum Gasteiger partial charge on any atom is -0.322 e. The van der Waals surface area contributed by atoms with Gasteiger partial charge >= 0.3 is 0 Å². The summed E-state index contributed by atoms with van der Waals surface area (Å²) in [6, 6.07) is 4.84. The number of hydrogen-bond donors (Lipinski definition) is 1. The monoisotopic (exact) mass is 278 g/mol. The van der Waals surface area contributed by atoms with E-state index in [0.29, 0.717) is 18.4 Å². The van der Waals surface area contributed by atoms with Gasteiger partial charge in [0.25, 0.3) is 0 Å². The summed E-state index contributed by atoms with van der Waals surface area (Å²) in [5.74, 6) is 0.707. The molecule has 0 radical (unpaired) electrons. The van der Waals surface area contributed by atoms with E-state index in [1.807, 2.05) is 6.92 Å². The van der Waals surface area contributed by atoms with Crippen LogP contribution in [0.1, 0.15) is 25.8 Å². The highest BCUT2D eigenvalue weighted by molar-refractivity contribution is 5.92. The number of piperidine rings is 1. The summed E-state index contributed by atoms with van der Waals surface area (Å²) in [6.07, 6.45) is 1.21. The van der Waals surface area contributed by atoms with Crippen molar-refractivity contribution in [3.8, 4) is 0 Å². The van der Waals surface area contributed by atoms with Gasteiger partial charge < -0.3 is 5.32 Å². The van der Waals surface area contributed by atoms with Crippen LogP contribution in [0.15, 0.2) is 18.2 Å². The Labute approximate surface area is 120 Å². The maximum absolute atomic E-state index is 13.7. The highest BCUT2D eigenvalue weighted by Crippen LogP contribution is 2.21. The van der Waals surface area contributed by atoms with Gasteiger partial charge in [-0.3, -0.25) is 9.69 Å². The van der Waals surface area contributed by atoms with Crippen molar-refractivity contribution in [2.24, 2.45) is 11.8 Å². The lowest BCUT2D eigenvalue weighted by Gasteiger charge is -2.34. The molecule has 1 amide bonds. The van der Waals surface area contributed by atoms with Crippen LogP contribution in [0, 0.1) is 24.6 Å². The molecule has 0 aliphatic carbocycles. The minimum absolute atomic E-state index is 0.144. The topological polar surface area (TPSA) is 32.3 Å². The second-order valence-electron chi connectivity index (χ2n) is 6.17. The number of likely N-dealkylation sites (tertiary alicyclic amines) is 1. The van der Waals surface area contributed by atoms with E-state index >= 15 is 0 Å². The van der Waals surface area contributed by atoms with E-state index < -0.39 is 0 Å². The van der Waals surface area contributed by atoms with Gasteiger partial charge in [-0.05, 0) is 42.9 Å². The molecule has 0 unspecified atom stereocenters. The molecule has 0 saturated carbocycles. The molecule has 2 atom stereocenters. The van der Waals surface area contributed by atoms with E-state index in [1.54, 1.807) is 12.1 Å². The number of hydrogen-bond acceptors (Lipinski definition) is 2. The SMILES string of the molecule is Cc1ccc(NC(=O)CN2C[C@@H](C)C[C@H](C)C2)c(F)c1. The highest BCUT2D eigenvalue weighted by Gasteiger charge is 2.23. The third kappa shape index (κ3) is 4.04. The van der Waals surface area contributed by atoms with Crippen LogP contribution in [0.2, 0.25) is 0 Å². The number of benzene rings is 1. The summed E-state index contributed by atoms with van der Waals surface area (Å²) in [4.78, 5) is 14.2. The molecule has 0 aromatic heterocycles. The van der Waals surface area contributed by atoms with Crippen LogP contribution in [0.25, 0.3) is 0 Å². The van der Waals surface area contributed by atoms with Crippen LogP contribution in [0.3, 0.4) is 0 Å². The van der Waals surface area contributed by atoms with Crippen molar-refractivity contribution in [3.05, 3.63) is 29.6 Å². The van der Waals surface area contributed by atoms with Gasteiger partial charge in [0.05, 0.1) is 12.2 Å². The van der Waals surface area contributed by atoms with Gasteiger partial charge in [-0.1, -0.05) is 19.9 Å². The van der Waals surface area contributed by atoms with Crippen LogP contribution < -0.4 is 5.32 Å². The first kappa shape index (κ1) is 15.0. The molecule has 20 heavy (non-hydrogen) atoms. The standard InChI is InChI=1S/C16H23FN2O/c1-11-4-5-15(14(17)7-11)18-16(20)10-19-8-12(2)6-13(3)9-19/h4-5,7,12-13H,6,8-10H2,1-3H3,(H,18,20)/t12-,13-/m0/s1. The van der Waals surface area contributed by atoms with Gasteiger partial charge in [-0.15, -0.1) is 0 Å². The van der Waals surface area contributed by atoms with Crippen LogP contribution >= 0.6 is 0 Å². The third-order valence-electron chi connectivity index (χ3n) is 3.71. The fourth-order valence-electron chi connectivity index (χ4n) is 3.04. The van der Waals surface area contributed by atoms with E-state index in [0.717, 1.165) is 18.7 Å². The lowest BCUT2D eigenvalue weighted by Crippen LogP contribution is -2.42. The Hall–Kier alpha value is -1.42. The number of amides is 1. The quantitative estimate of drug-likeness (QED) is 0.921. The maximum atomic E-state index is 13.7. The van der Waals surface area contributed by atoms with Gasteiger partial charge in [0.1, 0.15) is 5.82 Å². The Balaban J connectivity index is 1.92. The molecular weight excluding hydrogens is 255 g/mol. The molecule has 3 nitrogen and oxygen atoms in total. The number of aryl methyl sites for hydroxylation is 1. The van der Waals surface area contributed by atoms with Gasteiger partial charge in [0, 0.05) is 13.1 Å². The zero-order valence-electron chi connectivity index (χ0n) is 12.4. The van der Waals surface area contributed by atoms with Crippen LogP contribution in [0.5, 0.6) is 0 Å². The van der Waals surface area contributed by atoms with Crippen molar-refractivity contribution >= 4 is 11.6 Å². The fraction of sp³-hybridized carbons (Fsp3) is 0.562. The number of carbonyl (C=O) groups excluding carboxylic acids is 1. The summed E-state index contributed by atoms with van der Waals surface area (Å²) in [6.45, 7) is 8.45. The predicted octanol–water partition coefficient (Wildman–Crippen LogP) is 3.05. The second-order valence-corrected chi connectivity index (χ2v) is 6.17. The first-order chi connectivity index (χ1) is 9.44. The molecule has 0 bridgehead atoms. The zero-order valence-corrected chi connectivity index (χ0v) is 12.4. The Kier molecular flexibility index (Phi) is 4.76. The largest absolute Gasteiger partial charge is 0.322 e. The Morgan fingerprint density at radius 1 is 1.35 bits per heavy atom. The summed E-state index contributed by atoms with van der Waals surface area (Å²) in [5, 5.41) is 2.66. The zero-order chi connectivity index (χ0) is 14.7. The lowest BCUT2D eigenvalue weighted by molar-refractivity contribution is -0.117. The third-order valence-corrected chi connectivity index (χ3v) is 3.71. The van der Waals surface area contributed by atoms with E-state index in [9.17, 15) is 9.18 Å². The molecule has 1 N–H and O–H groups in total. The number of rotatable bonds is 3. The molecule has 0 spiro atoms. The van der Waals surface area contributed by atoms with E-state index in [2.05, 4.69) is 24.1 Å². The van der Waals surface area contributed by atoms with Crippen LogP contribution in [-0.2, 0) is 4.79 Å². The molecule has 110 valence electrons. The van der Waals surface area contributed by atoms with Gasteiger partial charge in [0.2, 0.25) is 5.91 Å². The molecular formula is C16H23FN2O. The van der Waals surface area contributed by atoms with Crippen molar-refractivity contribution in [3.63, 3.8) is 0 Å². The smallest absolute Gasteiger partial charge is 0.238 e. The Morgan fingerprint density at radius 3 is 2.60 bits per heavy atom. The van der Waals surface area contributed by atoms with Crippen molar-refractivity contribution < 1.29 is 9.18 Å². The predicted molar refractivity (Wildman–Crippen MR) is 79.2 cm³/mol. The number of nitrogens with zero attached hydrogens (tertiary/aromatic N) is 1. The van der Waals surface area contributed by atoms with E-state index in [4.69, 9.17) is 0 Å². The van der Waals surface area contributed by atoms with Crippen molar-refractivity contribution in [1.82, 2.24) is 4.90 Å². The first-order valence-electron chi connectivity index (χ1n) is 7.22. The second kappa shape index (κ2) is 6.35. The van der Waals surface area contributed by atoms with Gasteiger partial charge in [-0.2, -0.15) is 0 Å². The molecule has 4 heteroatoms. The molecule has 1 heterocycles. The minimum atomic E-state index is -0.376. The lowest BCUT2D eigenvalue weighted by atomic mass is 9.92. The average Bonchev–Trinajstić information content (AvgIpc) is 2.31. The maximum Gasteiger partial charge on any atom is 0.238 e. The molecule has 1 aliphatic heterocycles. The number of carbonyl (C=O) groups is 1. The van der Waals surface area contributed by atoms with Crippen molar-refractivity contribution in [1.29, 1.82) is 0 Å². The van der Waals surface area contributed by atoms with Crippen molar-refractivity contribution in [2.45, 2.75) is 27.2 Å². The number of nitrogens with one attached hydrogen (secondary N) is 1. The number of anilines is 1. The molecule has 1 aromatic carbocycles. The molecule has 2 rings (SSSR count). The summed E-state index contributed by atoms with van der Waals surface area (Å²) in [7, 11) is 0. The fourth-order valence-corrected chi connectivity index (χ4v) is 3.04. The normalized spacial score (nSPS) is 23.6. The molecule has 1 saturated heterocycles. The van der Waals surface area contributed by atoms with Gasteiger partial charge in [0.15, 0.2) is 0 Å². The average molecular weight is 278 g/mol. The Morgan fingerprint density at radius 2 is 2.00 bits per heavy atom. The van der Waals surface area contributed by atoms with E-state index in [1.165, 1.54) is 12.5 Å². The highest BCUT2D eigenvalue weighted by atomic mass is 19.1. The summed E-state index contributed by atoms with van der Waals surface area (Å²) in [5.41, 5.74) is 1.11. The van der Waals surface area contributed by atoms with Crippen LogP contribution in [0.4, 0.5) is 10.1 Å². The molecule has 1 fully saturated rings. The van der Waals surface area contributed by atoms with E-state index in [-0.39, 0.29) is 17.4 Å². The van der Waals surface area contributed by atoms with Gasteiger partial charge in [-0.25, -0.2) is 4.39 Å². The Bertz CT molecular complexity index is 479. The summed E-state index contributed by atoms with van der Waals surface area (Å²) >= 11 is 0. The molecule has 1 aliphatic rings. The first-order valence-corrected chi connectivity index (χ1v) is 7.22.